The summed E-state index contributed by atoms with van der Waals surface area (Å²) in [6, 6.07) is 7.98. The van der Waals surface area contributed by atoms with Gasteiger partial charge in [-0.15, -0.1) is 0 Å². The van der Waals surface area contributed by atoms with E-state index in [4.69, 9.17) is 13.7 Å². The summed E-state index contributed by atoms with van der Waals surface area (Å²) in [4.78, 5) is 0. The van der Waals surface area contributed by atoms with E-state index in [0.29, 0.717) is 0 Å². The van der Waals surface area contributed by atoms with Crippen molar-refractivity contribution in [3.05, 3.63) is 29.8 Å². The predicted octanol–water partition coefficient (Wildman–Crippen LogP) is 0.400. The van der Waals surface area contributed by atoms with E-state index >= 15 is 0 Å². The third-order valence-corrected chi connectivity index (χ3v) is 2.57. The summed E-state index contributed by atoms with van der Waals surface area (Å²) in [6.45, 7) is 2.03. The Kier molecular flexibility index (Phi) is 3.33. The van der Waals surface area contributed by atoms with Gasteiger partial charge in [0.2, 0.25) is 0 Å². The minimum Gasteiger partial charge on any atom is -0.451 e. The molecule has 7 heteroatoms. The van der Waals surface area contributed by atoms with Crippen LogP contribution in [0.1, 0.15) is 5.56 Å². The minimum atomic E-state index is -0.388. The Hall–Kier alpha value is -0.225. The molecule has 0 aromatic heterocycles. The molecule has 1 saturated heterocycles. The van der Waals surface area contributed by atoms with Crippen molar-refractivity contribution >= 4 is 42.0 Å². The Morgan fingerprint density at radius 1 is 1.29 bits per heavy atom. The summed E-state index contributed by atoms with van der Waals surface area (Å²) in [5.74, 6) is -0.388. The summed E-state index contributed by atoms with van der Waals surface area (Å²) in [7, 11) is -0.0936. The average molecular weight is 252 g/mol. The van der Waals surface area contributed by atoms with E-state index in [1.54, 1.807) is 0 Å². The first-order valence-electron chi connectivity index (χ1n) is 4.35. The smallest absolute Gasteiger partial charge is 0.451 e. The summed E-state index contributed by atoms with van der Waals surface area (Å²) in [6.07, 6.45) is 0. The molecule has 1 heterocycles. The molecule has 0 saturated carbocycles. The molecular formula is C7H8B3BrO3. The van der Waals surface area contributed by atoms with Crippen LogP contribution in [0.4, 0.5) is 0 Å². The number of hydrogen-bond donors (Lipinski definition) is 0. The second-order valence-electron chi connectivity index (χ2n) is 3.05. The highest BCUT2D eigenvalue weighted by Gasteiger charge is 2.33. The van der Waals surface area contributed by atoms with Crippen molar-refractivity contribution in [2.24, 2.45) is 0 Å². The van der Waals surface area contributed by atoms with Crippen LogP contribution in [0.15, 0.2) is 24.3 Å². The van der Waals surface area contributed by atoms with Crippen molar-refractivity contribution in [2.45, 2.75) is 6.92 Å². The van der Waals surface area contributed by atoms with Gasteiger partial charge in [-0.25, -0.2) is 0 Å². The average Bonchev–Trinajstić information content (AvgIpc) is 2.18. The molecule has 0 amide bonds. The van der Waals surface area contributed by atoms with Gasteiger partial charge < -0.3 is 13.7 Å². The number of aryl methyl sites for hydroxylation is 1. The fourth-order valence-electron chi connectivity index (χ4n) is 1.34. The first-order chi connectivity index (χ1) is 6.77. The van der Waals surface area contributed by atoms with E-state index < -0.39 is 0 Å². The van der Waals surface area contributed by atoms with Gasteiger partial charge in [0.05, 0.1) is 0 Å². The quantitative estimate of drug-likeness (QED) is 0.677. The molecule has 1 fully saturated rings. The van der Waals surface area contributed by atoms with E-state index in [-0.39, 0.29) is 20.7 Å². The van der Waals surface area contributed by atoms with Crippen molar-refractivity contribution in [1.82, 2.24) is 0 Å². The van der Waals surface area contributed by atoms with E-state index in [0.717, 1.165) is 11.0 Å². The lowest BCUT2D eigenvalue weighted by molar-refractivity contribution is 0.329. The highest BCUT2D eigenvalue weighted by atomic mass is 79.9. The molecule has 70 valence electrons. The number of benzene rings is 1. The van der Waals surface area contributed by atoms with Crippen LogP contribution in [-0.2, 0) is 13.7 Å². The van der Waals surface area contributed by atoms with Crippen molar-refractivity contribution in [2.75, 3.05) is 0 Å². The zero-order chi connectivity index (χ0) is 9.97. The predicted molar refractivity (Wildman–Crippen MR) is 61.7 cm³/mol. The number of rotatable bonds is 1. The molecule has 0 aliphatic carbocycles. The zero-order valence-electron chi connectivity index (χ0n) is 7.77. The number of hydrogen-bond acceptors (Lipinski definition) is 3. The van der Waals surface area contributed by atoms with Gasteiger partial charge in [0, 0.05) is 0 Å². The maximum atomic E-state index is 5.43. The molecular weight excluding hydrogens is 244 g/mol. The Morgan fingerprint density at radius 3 is 2.79 bits per heavy atom. The first-order valence-corrected chi connectivity index (χ1v) is 5.27. The monoisotopic (exact) mass is 252 g/mol. The van der Waals surface area contributed by atoms with E-state index in [1.807, 2.05) is 31.2 Å². The molecule has 0 bridgehead atoms. The standard InChI is InChI=1S/C7H8B3BrO3/c1-6-4-2-3-5-7(6)9-12-8-13-10(11)14-9/h2-5,8H,1H3. The van der Waals surface area contributed by atoms with Gasteiger partial charge >= 0.3 is 20.7 Å². The second-order valence-corrected chi connectivity index (χ2v) is 3.80. The first kappa shape index (κ1) is 10.3. The Morgan fingerprint density at radius 2 is 2.07 bits per heavy atom. The third kappa shape index (κ3) is 2.23. The van der Waals surface area contributed by atoms with Crippen molar-refractivity contribution < 1.29 is 13.7 Å². The van der Waals surface area contributed by atoms with Crippen LogP contribution in [0.5, 0.6) is 0 Å². The molecule has 0 atom stereocenters. The molecule has 1 aromatic carbocycles. The fourth-order valence-corrected chi connectivity index (χ4v) is 1.65. The molecule has 0 radical (unpaired) electrons. The van der Waals surface area contributed by atoms with Gasteiger partial charge in [-0.3, -0.25) is 0 Å². The molecule has 1 aliphatic heterocycles. The molecule has 3 nitrogen and oxygen atoms in total. The Balaban J connectivity index is 2.18. The molecule has 0 spiro atoms. The normalized spacial score (nSPS) is 16.7. The van der Waals surface area contributed by atoms with Crippen molar-refractivity contribution in [3.8, 4) is 0 Å². The maximum absolute atomic E-state index is 5.43. The lowest BCUT2D eigenvalue weighted by Crippen LogP contribution is -2.48. The van der Waals surface area contributed by atoms with E-state index in [1.165, 1.54) is 0 Å². The SMILES string of the molecule is Cc1ccccc1B1OBOB(Br)O1. The Bertz CT molecular complexity index is 325. The molecule has 0 unspecified atom stereocenters. The van der Waals surface area contributed by atoms with Crippen LogP contribution in [-0.4, -0.2) is 20.7 Å². The van der Waals surface area contributed by atoms with Gasteiger partial charge in [-0.2, -0.15) is 0 Å². The van der Waals surface area contributed by atoms with Crippen LogP contribution in [0.2, 0.25) is 0 Å². The van der Waals surface area contributed by atoms with Gasteiger partial charge in [-0.1, -0.05) is 45.6 Å². The van der Waals surface area contributed by atoms with Crippen molar-refractivity contribution in [3.63, 3.8) is 0 Å². The molecule has 2 rings (SSSR count). The number of halogens is 1. The van der Waals surface area contributed by atoms with Crippen LogP contribution in [0, 0.1) is 6.92 Å². The van der Waals surface area contributed by atoms with Crippen LogP contribution < -0.4 is 5.46 Å². The van der Waals surface area contributed by atoms with Gasteiger partial charge in [0.25, 0.3) is 0 Å². The fraction of sp³-hybridized carbons (Fsp3) is 0.143. The Labute approximate surface area is 92.7 Å². The third-order valence-electron chi connectivity index (χ3n) is 2.09. The lowest BCUT2D eigenvalue weighted by atomic mass is 9.73. The zero-order valence-corrected chi connectivity index (χ0v) is 9.36. The summed E-state index contributed by atoms with van der Waals surface area (Å²) < 4.78 is 15.8. The summed E-state index contributed by atoms with van der Waals surface area (Å²) in [5, 5.41) is 0. The van der Waals surface area contributed by atoms with Gasteiger partial charge in [0.1, 0.15) is 0 Å². The topological polar surface area (TPSA) is 27.7 Å². The summed E-state index contributed by atoms with van der Waals surface area (Å²) >= 11 is 3.23. The van der Waals surface area contributed by atoms with Gasteiger partial charge in [-0.05, 0) is 12.4 Å². The maximum Gasteiger partial charge on any atom is 0.512 e. The molecule has 0 N–H and O–H groups in total. The molecule has 14 heavy (non-hydrogen) atoms. The molecule has 1 aliphatic rings. The van der Waals surface area contributed by atoms with Crippen LogP contribution in [0.25, 0.3) is 0 Å². The lowest BCUT2D eigenvalue weighted by Gasteiger charge is -2.23. The highest BCUT2D eigenvalue weighted by Crippen LogP contribution is 2.08. The van der Waals surface area contributed by atoms with E-state index in [9.17, 15) is 0 Å². The van der Waals surface area contributed by atoms with Crippen LogP contribution >= 0.6 is 15.8 Å². The van der Waals surface area contributed by atoms with Crippen LogP contribution in [0.3, 0.4) is 0 Å². The second kappa shape index (κ2) is 4.53. The largest absolute Gasteiger partial charge is 0.512 e. The molecule has 1 aromatic rings. The van der Waals surface area contributed by atoms with E-state index in [2.05, 4.69) is 15.8 Å². The summed E-state index contributed by atoms with van der Waals surface area (Å²) in [5.41, 5.74) is 2.19. The highest BCUT2D eigenvalue weighted by molar-refractivity contribution is 9.24. The van der Waals surface area contributed by atoms with Gasteiger partial charge in [0.15, 0.2) is 0 Å². The minimum absolute atomic E-state index is 0.245. The van der Waals surface area contributed by atoms with Crippen molar-refractivity contribution in [1.29, 1.82) is 0 Å².